The van der Waals surface area contributed by atoms with E-state index < -0.39 is 22.5 Å². The number of carbonyl (C=O) groups is 1. The molecule has 0 saturated carbocycles. The molecule has 124 valence electrons. The van der Waals surface area contributed by atoms with Crippen molar-refractivity contribution < 1.29 is 22.4 Å². The fourth-order valence-electron chi connectivity index (χ4n) is 1.91. The summed E-state index contributed by atoms with van der Waals surface area (Å²) in [5.74, 6) is -0.205. The summed E-state index contributed by atoms with van der Waals surface area (Å²) in [6, 6.07) is 9.01. The Kier molecular flexibility index (Phi) is 5.81. The first-order valence-corrected chi connectivity index (χ1v) is 8.69. The average Bonchev–Trinajstić information content (AvgIpc) is 3.00. The lowest BCUT2D eigenvalue weighted by Gasteiger charge is -2.20. The Morgan fingerprint density at radius 2 is 1.96 bits per heavy atom. The van der Waals surface area contributed by atoms with E-state index in [2.05, 4.69) is 0 Å². The molecule has 6 nitrogen and oxygen atoms in total. The van der Waals surface area contributed by atoms with E-state index in [1.165, 1.54) is 30.5 Å². The van der Waals surface area contributed by atoms with Gasteiger partial charge in [0.2, 0.25) is 10.0 Å². The van der Waals surface area contributed by atoms with Gasteiger partial charge < -0.3 is 9.15 Å². The molecule has 0 amide bonds. The van der Waals surface area contributed by atoms with Crippen LogP contribution in [0, 0.1) is 0 Å². The summed E-state index contributed by atoms with van der Waals surface area (Å²) < 4.78 is 36.5. The van der Waals surface area contributed by atoms with Crippen molar-refractivity contribution in [1.82, 2.24) is 4.31 Å². The second kappa shape index (κ2) is 7.63. The number of esters is 1. The van der Waals surface area contributed by atoms with Crippen LogP contribution in [-0.4, -0.2) is 31.8 Å². The molecule has 0 radical (unpaired) electrons. The number of furan rings is 1. The van der Waals surface area contributed by atoms with Gasteiger partial charge in [-0.2, -0.15) is 4.31 Å². The highest BCUT2D eigenvalue weighted by Gasteiger charge is 2.28. The molecular weight excluding hydrogens is 342 g/mol. The molecule has 0 N–H and O–H groups in total. The number of hydrogen-bond donors (Lipinski definition) is 0. The summed E-state index contributed by atoms with van der Waals surface area (Å²) in [5, 5.41) is 0.423. The maximum Gasteiger partial charge on any atom is 0.321 e. The van der Waals surface area contributed by atoms with E-state index in [0.717, 1.165) is 4.31 Å². The Labute approximate surface area is 139 Å². The molecular formula is C15H16ClNO5S. The summed E-state index contributed by atoms with van der Waals surface area (Å²) in [5.41, 5.74) is 0. The van der Waals surface area contributed by atoms with Gasteiger partial charge in [-0.25, -0.2) is 8.42 Å². The molecule has 1 aromatic carbocycles. The molecule has 0 spiro atoms. The van der Waals surface area contributed by atoms with Gasteiger partial charge in [0, 0.05) is 5.02 Å². The third-order valence-corrected chi connectivity index (χ3v) is 5.03. The van der Waals surface area contributed by atoms with E-state index in [1.807, 2.05) is 0 Å². The Hall–Kier alpha value is -1.83. The summed E-state index contributed by atoms with van der Waals surface area (Å²) in [6.45, 7) is 1.35. The predicted octanol–water partition coefficient (Wildman–Crippen LogP) is 2.69. The molecule has 1 aromatic heterocycles. The monoisotopic (exact) mass is 357 g/mol. The van der Waals surface area contributed by atoms with Gasteiger partial charge in [-0.15, -0.1) is 0 Å². The van der Waals surface area contributed by atoms with Crippen molar-refractivity contribution in [3.8, 4) is 0 Å². The number of nitrogens with zero attached hydrogens (tertiary/aromatic N) is 1. The second-order valence-corrected chi connectivity index (χ2v) is 6.99. The van der Waals surface area contributed by atoms with Crippen molar-refractivity contribution in [3.05, 3.63) is 53.4 Å². The number of rotatable bonds is 7. The highest BCUT2D eigenvalue weighted by Crippen LogP contribution is 2.20. The van der Waals surface area contributed by atoms with Crippen LogP contribution in [0.1, 0.15) is 12.7 Å². The standard InChI is InChI=1S/C15H16ClNO5S/c1-2-21-15(18)11-17(10-13-4-3-9-22-13)23(19,20)14-7-5-12(16)6-8-14/h3-9H,2,10-11H2,1H3. The molecule has 1 heterocycles. The number of hydrogen-bond acceptors (Lipinski definition) is 5. The van der Waals surface area contributed by atoms with Crippen molar-refractivity contribution in [2.45, 2.75) is 18.4 Å². The topological polar surface area (TPSA) is 76.8 Å². The zero-order chi connectivity index (χ0) is 16.9. The van der Waals surface area contributed by atoms with Gasteiger partial charge in [0.1, 0.15) is 12.3 Å². The molecule has 2 rings (SSSR count). The van der Waals surface area contributed by atoms with Gasteiger partial charge >= 0.3 is 5.97 Å². The van der Waals surface area contributed by atoms with E-state index in [-0.39, 0.29) is 18.0 Å². The van der Waals surface area contributed by atoms with Crippen molar-refractivity contribution >= 4 is 27.6 Å². The van der Waals surface area contributed by atoms with Gasteiger partial charge in [0.15, 0.2) is 0 Å². The van der Waals surface area contributed by atoms with Crippen LogP contribution in [0.2, 0.25) is 5.02 Å². The first-order valence-electron chi connectivity index (χ1n) is 6.87. The molecule has 8 heteroatoms. The van der Waals surface area contributed by atoms with Gasteiger partial charge in [-0.05, 0) is 43.3 Å². The first kappa shape index (κ1) is 17.5. The smallest absolute Gasteiger partial charge is 0.321 e. The number of ether oxygens (including phenoxy) is 1. The van der Waals surface area contributed by atoms with Crippen LogP contribution in [-0.2, 0) is 26.1 Å². The third-order valence-electron chi connectivity index (χ3n) is 2.97. The maximum absolute atomic E-state index is 12.7. The molecule has 2 aromatic rings. The minimum absolute atomic E-state index is 0.0396. The predicted molar refractivity (Wildman–Crippen MR) is 84.4 cm³/mol. The summed E-state index contributed by atoms with van der Waals surface area (Å²) in [7, 11) is -3.89. The van der Waals surface area contributed by atoms with E-state index in [9.17, 15) is 13.2 Å². The van der Waals surface area contributed by atoms with Crippen LogP contribution in [0.4, 0.5) is 0 Å². The molecule has 0 aliphatic rings. The van der Waals surface area contributed by atoms with E-state index >= 15 is 0 Å². The van der Waals surface area contributed by atoms with Crippen molar-refractivity contribution in [3.63, 3.8) is 0 Å². The summed E-state index contributed by atoms with van der Waals surface area (Å²) in [6.07, 6.45) is 1.44. The highest BCUT2D eigenvalue weighted by atomic mass is 35.5. The lowest BCUT2D eigenvalue weighted by atomic mass is 10.4. The van der Waals surface area contributed by atoms with E-state index in [4.69, 9.17) is 20.8 Å². The normalized spacial score (nSPS) is 11.6. The maximum atomic E-state index is 12.7. The molecule has 0 aliphatic heterocycles. The summed E-state index contributed by atoms with van der Waals surface area (Å²) in [4.78, 5) is 11.8. The molecule has 0 atom stereocenters. The Morgan fingerprint density at radius 1 is 1.26 bits per heavy atom. The number of halogens is 1. The van der Waals surface area contributed by atoms with Gasteiger partial charge in [-0.3, -0.25) is 4.79 Å². The third kappa shape index (κ3) is 4.57. The van der Waals surface area contributed by atoms with Crippen molar-refractivity contribution in [2.24, 2.45) is 0 Å². The summed E-state index contributed by atoms with van der Waals surface area (Å²) >= 11 is 5.78. The van der Waals surface area contributed by atoms with Gasteiger partial charge in [0.05, 0.1) is 24.3 Å². The quantitative estimate of drug-likeness (QED) is 0.712. The first-order chi connectivity index (χ1) is 10.9. The minimum Gasteiger partial charge on any atom is -0.468 e. The SMILES string of the molecule is CCOC(=O)CN(Cc1ccco1)S(=O)(=O)c1ccc(Cl)cc1. The Morgan fingerprint density at radius 3 is 2.52 bits per heavy atom. The molecule has 0 bridgehead atoms. The zero-order valence-electron chi connectivity index (χ0n) is 12.4. The molecule has 23 heavy (non-hydrogen) atoms. The highest BCUT2D eigenvalue weighted by molar-refractivity contribution is 7.89. The number of sulfonamides is 1. The van der Waals surface area contributed by atoms with Crippen LogP contribution >= 0.6 is 11.6 Å². The van der Waals surface area contributed by atoms with Crippen LogP contribution in [0.25, 0.3) is 0 Å². The minimum atomic E-state index is -3.89. The molecule has 0 fully saturated rings. The van der Waals surface area contributed by atoms with Gasteiger partial charge in [0.25, 0.3) is 0 Å². The molecule has 0 unspecified atom stereocenters. The van der Waals surface area contributed by atoms with Crippen LogP contribution in [0.5, 0.6) is 0 Å². The lowest BCUT2D eigenvalue weighted by molar-refractivity contribution is -0.143. The largest absolute Gasteiger partial charge is 0.468 e. The fraction of sp³-hybridized carbons (Fsp3) is 0.267. The van der Waals surface area contributed by atoms with Gasteiger partial charge in [-0.1, -0.05) is 11.6 Å². The fourth-order valence-corrected chi connectivity index (χ4v) is 3.39. The molecule has 0 saturated heterocycles. The lowest BCUT2D eigenvalue weighted by Crippen LogP contribution is -2.36. The Balaban J connectivity index is 2.30. The van der Waals surface area contributed by atoms with E-state index in [0.29, 0.717) is 10.8 Å². The Bertz CT molecular complexity index is 741. The number of carbonyl (C=O) groups excluding carboxylic acids is 1. The van der Waals surface area contributed by atoms with Crippen LogP contribution < -0.4 is 0 Å². The molecule has 0 aliphatic carbocycles. The number of benzene rings is 1. The van der Waals surface area contributed by atoms with Crippen molar-refractivity contribution in [1.29, 1.82) is 0 Å². The van der Waals surface area contributed by atoms with E-state index in [1.54, 1.807) is 19.1 Å². The second-order valence-electron chi connectivity index (χ2n) is 4.61. The van der Waals surface area contributed by atoms with Crippen LogP contribution in [0.3, 0.4) is 0 Å². The average molecular weight is 358 g/mol. The van der Waals surface area contributed by atoms with Crippen LogP contribution in [0.15, 0.2) is 52.0 Å². The van der Waals surface area contributed by atoms with Crippen molar-refractivity contribution in [2.75, 3.05) is 13.2 Å². The zero-order valence-corrected chi connectivity index (χ0v) is 14.0.